The van der Waals surface area contributed by atoms with Crippen molar-refractivity contribution in [2.75, 3.05) is 0 Å². The number of esters is 1. The van der Waals surface area contributed by atoms with Crippen LogP contribution in [0, 0.1) is 0 Å². The van der Waals surface area contributed by atoms with Crippen LogP contribution in [0.2, 0.25) is 0 Å². The van der Waals surface area contributed by atoms with E-state index in [1.807, 2.05) is 28.8 Å². The summed E-state index contributed by atoms with van der Waals surface area (Å²) in [7, 11) is 0. The van der Waals surface area contributed by atoms with Crippen molar-refractivity contribution in [2.45, 2.75) is 13.7 Å². The molecule has 4 nitrogen and oxygen atoms in total. The zero-order valence-corrected chi connectivity index (χ0v) is 9.96. The van der Waals surface area contributed by atoms with Gasteiger partial charge in [-0.15, -0.1) is 0 Å². The summed E-state index contributed by atoms with van der Waals surface area (Å²) in [6.45, 7) is 1.62. The van der Waals surface area contributed by atoms with Crippen molar-refractivity contribution in [2.24, 2.45) is 0 Å². The number of hydrogen-bond acceptors (Lipinski definition) is 3. The van der Waals surface area contributed by atoms with Crippen LogP contribution in [-0.2, 0) is 16.3 Å². The molecule has 2 aromatic heterocycles. The molecule has 0 amide bonds. The summed E-state index contributed by atoms with van der Waals surface area (Å²) in [5, 5.41) is 2.26. The molecule has 0 aliphatic heterocycles. The molecule has 1 aromatic carbocycles. The highest BCUT2D eigenvalue weighted by Gasteiger charge is 2.10. The second-order valence-corrected chi connectivity index (χ2v) is 4.10. The van der Waals surface area contributed by atoms with Crippen LogP contribution in [-0.4, -0.2) is 15.5 Å². The number of pyridine rings is 1. The fourth-order valence-electron chi connectivity index (χ4n) is 2.19. The van der Waals surface area contributed by atoms with E-state index in [0.29, 0.717) is 0 Å². The highest BCUT2D eigenvalue weighted by molar-refractivity contribution is 6.07. The average Bonchev–Trinajstić information content (AvgIpc) is 2.71. The lowest BCUT2D eigenvalue weighted by molar-refractivity contribution is -0.144. The zero-order valence-electron chi connectivity index (χ0n) is 9.96. The molecule has 2 heterocycles. The van der Waals surface area contributed by atoms with Gasteiger partial charge in [0.05, 0.1) is 17.2 Å². The van der Waals surface area contributed by atoms with E-state index < -0.39 is 0 Å². The topological polar surface area (TPSA) is 44.1 Å². The maximum Gasteiger partial charge on any atom is 0.304 e. The van der Waals surface area contributed by atoms with Crippen LogP contribution >= 0.6 is 0 Å². The van der Waals surface area contributed by atoms with E-state index in [-0.39, 0.29) is 12.7 Å². The molecule has 0 saturated heterocycles. The van der Waals surface area contributed by atoms with Gasteiger partial charge < -0.3 is 9.30 Å². The van der Waals surface area contributed by atoms with Crippen molar-refractivity contribution in [1.29, 1.82) is 0 Å². The quantitative estimate of drug-likeness (QED) is 0.647. The maximum absolute atomic E-state index is 11.0. The normalized spacial score (nSPS) is 10.9. The van der Waals surface area contributed by atoms with Gasteiger partial charge in [0.15, 0.2) is 6.73 Å². The standard InChI is InChI=1S/C14H12N2O2/c1-10(17)18-9-16-13-5-3-2-4-11(13)12-6-7-15-8-14(12)16/h2-8H,9H2,1H3. The van der Waals surface area contributed by atoms with Crippen LogP contribution in [0.15, 0.2) is 42.7 Å². The number of para-hydroxylation sites is 1. The number of fused-ring (bicyclic) bond motifs is 3. The van der Waals surface area contributed by atoms with E-state index in [4.69, 9.17) is 4.74 Å². The third kappa shape index (κ3) is 1.62. The fourth-order valence-corrected chi connectivity index (χ4v) is 2.19. The van der Waals surface area contributed by atoms with Crippen LogP contribution in [0.4, 0.5) is 0 Å². The third-order valence-corrected chi connectivity index (χ3v) is 2.97. The second-order valence-electron chi connectivity index (χ2n) is 4.10. The largest absolute Gasteiger partial charge is 0.444 e. The summed E-state index contributed by atoms with van der Waals surface area (Å²) >= 11 is 0. The lowest BCUT2D eigenvalue weighted by atomic mass is 10.2. The van der Waals surface area contributed by atoms with Gasteiger partial charge in [0, 0.05) is 23.9 Å². The van der Waals surface area contributed by atoms with Gasteiger partial charge in [0.2, 0.25) is 0 Å². The molecule has 0 radical (unpaired) electrons. The Labute approximate surface area is 104 Å². The van der Waals surface area contributed by atoms with Crippen molar-refractivity contribution in [1.82, 2.24) is 9.55 Å². The van der Waals surface area contributed by atoms with Gasteiger partial charge in [-0.2, -0.15) is 0 Å². The van der Waals surface area contributed by atoms with Crippen LogP contribution in [0.1, 0.15) is 6.92 Å². The van der Waals surface area contributed by atoms with E-state index in [1.165, 1.54) is 6.92 Å². The molecule has 18 heavy (non-hydrogen) atoms. The van der Waals surface area contributed by atoms with Crippen molar-refractivity contribution in [3.05, 3.63) is 42.7 Å². The molecule has 90 valence electrons. The van der Waals surface area contributed by atoms with Crippen molar-refractivity contribution in [3.63, 3.8) is 0 Å². The number of aromatic nitrogens is 2. The number of benzene rings is 1. The van der Waals surface area contributed by atoms with Crippen LogP contribution < -0.4 is 0 Å². The zero-order chi connectivity index (χ0) is 12.5. The SMILES string of the molecule is CC(=O)OCn1c2ccccc2c2ccncc21. The summed E-state index contributed by atoms with van der Waals surface area (Å²) in [4.78, 5) is 15.1. The number of rotatable bonds is 2. The lowest BCUT2D eigenvalue weighted by Crippen LogP contribution is -2.05. The van der Waals surface area contributed by atoms with Crippen LogP contribution in [0.5, 0.6) is 0 Å². The van der Waals surface area contributed by atoms with Gasteiger partial charge in [-0.3, -0.25) is 9.78 Å². The number of carbonyl (C=O) groups is 1. The molecule has 0 N–H and O–H groups in total. The van der Waals surface area contributed by atoms with Crippen LogP contribution in [0.25, 0.3) is 21.8 Å². The minimum absolute atomic E-state index is 0.213. The Morgan fingerprint density at radius 2 is 2.00 bits per heavy atom. The Morgan fingerprint density at radius 1 is 1.22 bits per heavy atom. The van der Waals surface area contributed by atoms with Crippen molar-refractivity contribution in [3.8, 4) is 0 Å². The van der Waals surface area contributed by atoms with E-state index in [9.17, 15) is 4.79 Å². The molecule has 0 saturated carbocycles. The Hall–Kier alpha value is -2.36. The van der Waals surface area contributed by atoms with Gasteiger partial charge in [0.1, 0.15) is 0 Å². The number of carbonyl (C=O) groups excluding carboxylic acids is 1. The van der Waals surface area contributed by atoms with E-state index in [0.717, 1.165) is 21.8 Å². The number of hydrogen-bond donors (Lipinski definition) is 0. The van der Waals surface area contributed by atoms with Gasteiger partial charge >= 0.3 is 5.97 Å². The molecule has 3 aromatic rings. The Bertz CT molecular complexity index is 678. The van der Waals surface area contributed by atoms with Gasteiger partial charge in [-0.25, -0.2) is 0 Å². The Kier molecular flexibility index (Phi) is 2.48. The molecule has 0 unspecified atom stereocenters. The fraction of sp³-hybridized carbons (Fsp3) is 0.143. The summed E-state index contributed by atoms with van der Waals surface area (Å²) in [6.07, 6.45) is 3.56. The first-order valence-corrected chi connectivity index (χ1v) is 5.71. The lowest BCUT2D eigenvalue weighted by Gasteiger charge is -2.06. The average molecular weight is 240 g/mol. The molecular weight excluding hydrogens is 228 g/mol. The third-order valence-electron chi connectivity index (χ3n) is 2.97. The highest BCUT2D eigenvalue weighted by atomic mass is 16.5. The maximum atomic E-state index is 11.0. The first-order chi connectivity index (χ1) is 8.77. The number of ether oxygens (including phenoxy) is 1. The van der Waals surface area contributed by atoms with E-state index >= 15 is 0 Å². The highest BCUT2D eigenvalue weighted by Crippen LogP contribution is 2.27. The van der Waals surface area contributed by atoms with Crippen molar-refractivity contribution >= 4 is 27.8 Å². The summed E-state index contributed by atoms with van der Waals surface area (Å²) < 4.78 is 7.06. The molecule has 0 aliphatic rings. The van der Waals surface area contributed by atoms with E-state index in [2.05, 4.69) is 11.1 Å². The van der Waals surface area contributed by atoms with Gasteiger partial charge in [-0.05, 0) is 12.1 Å². The van der Waals surface area contributed by atoms with E-state index in [1.54, 1.807) is 12.4 Å². The van der Waals surface area contributed by atoms with Gasteiger partial charge in [-0.1, -0.05) is 18.2 Å². The molecular formula is C14H12N2O2. The molecule has 0 aliphatic carbocycles. The molecule has 3 rings (SSSR count). The molecule has 0 spiro atoms. The van der Waals surface area contributed by atoms with Gasteiger partial charge in [0.25, 0.3) is 0 Å². The van der Waals surface area contributed by atoms with Crippen molar-refractivity contribution < 1.29 is 9.53 Å². The first kappa shape index (κ1) is 10.8. The first-order valence-electron chi connectivity index (χ1n) is 5.71. The summed E-state index contributed by atoms with van der Waals surface area (Å²) in [6, 6.07) is 10.0. The van der Waals surface area contributed by atoms with Crippen LogP contribution in [0.3, 0.4) is 0 Å². The molecule has 0 fully saturated rings. The molecule has 0 bridgehead atoms. The monoisotopic (exact) mass is 240 g/mol. The summed E-state index contributed by atoms with van der Waals surface area (Å²) in [5.41, 5.74) is 2.02. The number of nitrogens with zero attached hydrogens (tertiary/aromatic N) is 2. The molecule has 0 atom stereocenters. The second kappa shape index (κ2) is 4.14. The Balaban J connectivity index is 2.27. The minimum atomic E-state index is -0.287. The summed E-state index contributed by atoms with van der Waals surface area (Å²) in [5.74, 6) is -0.287. The Morgan fingerprint density at radius 3 is 2.83 bits per heavy atom. The smallest absolute Gasteiger partial charge is 0.304 e. The minimum Gasteiger partial charge on any atom is -0.444 e. The molecule has 4 heteroatoms. The predicted molar refractivity (Wildman–Crippen MR) is 69.0 cm³/mol. The predicted octanol–water partition coefficient (Wildman–Crippen LogP) is 2.71.